The molecule has 1 aliphatic rings. The van der Waals surface area contributed by atoms with Crippen molar-refractivity contribution < 1.29 is 53.9 Å². The Labute approximate surface area is 286 Å². The summed E-state index contributed by atoms with van der Waals surface area (Å²) >= 11 is 0. The molecule has 0 bridgehead atoms. The van der Waals surface area contributed by atoms with E-state index in [9.17, 15) is 31.5 Å². The maximum Gasteiger partial charge on any atom is 0.337 e. The molecule has 50 heavy (non-hydrogen) atoms. The minimum atomic E-state index is -5.42. The van der Waals surface area contributed by atoms with Crippen molar-refractivity contribution in [3.05, 3.63) is 114 Å². The number of benzene rings is 4. The highest BCUT2D eigenvalue weighted by Crippen LogP contribution is 2.32. The standard InChI is InChI=1S/C34H28N3O7S.FHO3S/c1-22-11-17-25(18-12-22)45(42,43)37(24-15-13-23(14-16-24)21-32(40)44-36-30(38)19-20-31(36)39)34(41)33-26-7-3-5-9-28(26)35(2)29-10-6-4-8-27(29)33;1-5(2,3)4/h3-18H,19-21H2,1-2H3;(H,2,3,4)/q+1;/p-1. The van der Waals surface area contributed by atoms with Crippen LogP contribution in [0.2, 0.25) is 0 Å². The molecule has 1 aliphatic heterocycles. The zero-order valence-electron chi connectivity index (χ0n) is 26.5. The van der Waals surface area contributed by atoms with Crippen molar-refractivity contribution in [3.8, 4) is 0 Å². The van der Waals surface area contributed by atoms with Crippen LogP contribution in [0.1, 0.15) is 34.3 Å². The summed E-state index contributed by atoms with van der Waals surface area (Å²) in [6, 6.07) is 26.7. The number of hydrogen-bond acceptors (Lipinski definition) is 10. The highest BCUT2D eigenvalue weighted by molar-refractivity contribution is 7.93. The van der Waals surface area contributed by atoms with Crippen molar-refractivity contribution in [2.45, 2.75) is 31.1 Å². The molecule has 0 spiro atoms. The first-order valence-corrected chi connectivity index (χ1v) is 17.6. The maximum atomic E-state index is 14.7. The zero-order valence-corrected chi connectivity index (χ0v) is 28.1. The zero-order chi connectivity index (χ0) is 36.4. The van der Waals surface area contributed by atoms with E-state index in [0.717, 1.165) is 20.9 Å². The fourth-order valence-electron chi connectivity index (χ4n) is 5.45. The number of carbonyl (C=O) groups excluding carboxylic acids is 4. The third kappa shape index (κ3) is 7.67. The van der Waals surface area contributed by atoms with Crippen LogP contribution in [0.3, 0.4) is 0 Å². The van der Waals surface area contributed by atoms with Gasteiger partial charge in [-0.3, -0.25) is 14.4 Å². The molecule has 258 valence electrons. The van der Waals surface area contributed by atoms with Gasteiger partial charge in [0.25, 0.3) is 38.2 Å². The Kier molecular flexibility index (Phi) is 10.1. The molecule has 0 unspecified atom stereocenters. The lowest BCUT2D eigenvalue weighted by Gasteiger charge is -2.24. The molecular formula is C34H28FN3O10S2. The second-order valence-corrected chi connectivity index (χ2v) is 13.7. The SMILES string of the molecule is Cc1ccc(S(=O)(=O)N(C(=O)c2c3ccccc3[n+](C)c3ccccc23)c2ccc(CC(=O)ON3C(=O)CCC3=O)cc2)cc1.O=S(=O)([O-])F. The van der Waals surface area contributed by atoms with Crippen molar-refractivity contribution in [1.82, 2.24) is 5.06 Å². The minimum absolute atomic E-state index is 0.0234. The number of hydroxylamine groups is 2. The second kappa shape index (κ2) is 14.1. The van der Waals surface area contributed by atoms with Crippen molar-refractivity contribution in [2.75, 3.05) is 4.31 Å². The van der Waals surface area contributed by atoms with E-state index < -0.39 is 44.2 Å². The number of fused-ring (bicyclic) bond motifs is 2. The van der Waals surface area contributed by atoms with Crippen molar-refractivity contribution in [1.29, 1.82) is 0 Å². The fraction of sp³-hybridized carbons (Fsp3) is 0.147. The fourth-order valence-corrected chi connectivity index (χ4v) is 6.85. The molecular weight excluding hydrogens is 694 g/mol. The van der Waals surface area contributed by atoms with Crippen LogP contribution < -0.4 is 8.87 Å². The summed E-state index contributed by atoms with van der Waals surface area (Å²) < 4.78 is 66.6. The molecule has 1 fully saturated rings. The lowest BCUT2D eigenvalue weighted by molar-refractivity contribution is -0.617. The largest absolute Gasteiger partial charge is 0.722 e. The summed E-state index contributed by atoms with van der Waals surface area (Å²) in [5, 5.41) is 1.64. The monoisotopic (exact) mass is 721 g/mol. The number of anilines is 1. The minimum Gasteiger partial charge on any atom is -0.722 e. The Morgan fingerprint density at radius 2 is 1.30 bits per heavy atom. The first kappa shape index (κ1) is 35.7. The number of sulfonamides is 1. The molecule has 13 nitrogen and oxygen atoms in total. The van der Waals surface area contributed by atoms with Gasteiger partial charge >= 0.3 is 5.97 Å². The number of pyridine rings is 1. The van der Waals surface area contributed by atoms with E-state index in [4.69, 9.17) is 17.8 Å². The first-order chi connectivity index (χ1) is 23.6. The number of imide groups is 1. The number of nitrogens with zero attached hydrogens (tertiary/aromatic N) is 3. The van der Waals surface area contributed by atoms with Gasteiger partial charge in [-0.2, -0.15) is 8.87 Å². The molecule has 6 rings (SSSR count). The summed E-state index contributed by atoms with van der Waals surface area (Å²) in [6.07, 6.45) is -0.338. The third-order valence-corrected chi connectivity index (χ3v) is 9.47. The first-order valence-electron chi connectivity index (χ1n) is 14.8. The van der Waals surface area contributed by atoms with Gasteiger partial charge in [0.05, 0.1) is 33.3 Å². The van der Waals surface area contributed by atoms with Crippen molar-refractivity contribution in [3.63, 3.8) is 0 Å². The summed E-state index contributed by atoms with van der Waals surface area (Å²) in [6.45, 7) is 1.83. The molecule has 16 heteroatoms. The topological polar surface area (TPSA) is 179 Å². The van der Waals surface area contributed by atoms with Gasteiger partial charge in [-0.05, 0) is 48.9 Å². The van der Waals surface area contributed by atoms with Gasteiger partial charge in [0.15, 0.2) is 0 Å². The van der Waals surface area contributed by atoms with Gasteiger partial charge in [0, 0.05) is 25.0 Å². The number of hydrogen-bond donors (Lipinski definition) is 0. The second-order valence-electron chi connectivity index (χ2n) is 11.1. The number of aryl methyl sites for hydroxylation is 2. The maximum absolute atomic E-state index is 14.7. The highest BCUT2D eigenvalue weighted by Gasteiger charge is 2.36. The van der Waals surface area contributed by atoms with Crippen LogP contribution in [0.5, 0.6) is 0 Å². The molecule has 1 saturated heterocycles. The molecule has 3 amide bonds. The van der Waals surface area contributed by atoms with Crippen LogP contribution >= 0.6 is 0 Å². The Bertz CT molecular complexity index is 2300. The van der Waals surface area contributed by atoms with Crippen LogP contribution in [0.25, 0.3) is 21.8 Å². The van der Waals surface area contributed by atoms with Crippen LogP contribution in [0, 0.1) is 6.92 Å². The quantitative estimate of drug-likeness (QED) is 0.0791. The number of para-hydroxylation sites is 2. The summed E-state index contributed by atoms with van der Waals surface area (Å²) in [7, 11) is -7.95. The normalized spacial score (nSPS) is 13.2. The molecule has 2 heterocycles. The number of amides is 3. The van der Waals surface area contributed by atoms with E-state index in [1.165, 1.54) is 36.4 Å². The predicted molar refractivity (Wildman–Crippen MR) is 176 cm³/mol. The smallest absolute Gasteiger partial charge is 0.337 e. The molecule has 0 N–H and O–H groups in total. The molecule has 1 aromatic heterocycles. The van der Waals surface area contributed by atoms with Gasteiger partial charge in [-0.15, -0.1) is 8.95 Å². The average Bonchev–Trinajstić information content (AvgIpc) is 3.37. The van der Waals surface area contributed by atoms with Gasteiger partial charge < -0.3 is 9.39 Å². The Hall–Kier alpha value is -5.58. The lowest BCUT2D eigenvalue weighted by atomic mass is 10.0. The Morgan fingerprint density at radius 1 is 0.820 bits per heavy atom. The van der Waals surface area contributed by atoms with Crippen LogP contribution in [-0.4, -0.2) is 50.1 Å². The Balaban J connectivity index is 0.000000908. The van der Waals surface area contributed by atoms with E-state index in [-0.39, 0.29) is 35.4 Å². The van der Waals surface area contributed by atoms with E-state index >= 15 is 0 Å². The third-order valence-electron chi connectivity index (χ3n) is 7.75. The number of halogens is 1. The van der Waals surface area contributed by atoms with E-state index in [1.807, 2.05) is 42.8 Å². The van der Waals surface area contributed by atoms with E-state index in [0.29, 0.717) is 21.4 Å². The lowest BCUT2D eigenvalue weighted by Crippen LogP contribution is -2.39. The van der Waals surface area contributed by atoms with Crippen LogP contribution in [-0.2, 0) is 53.2 Å². The number of aromatic nitrogens is 1. The molecule has 0 aliphatic carbocycles. The molecule has 5 aromatic rings. The molecule has 0 radical (unpaired) electrons. The molecule has 0 saturated carbocycles. The molecule has 4 aromatic carbocycles. The summed E-state index contributed by atoms with van der Waals surface area (Å²) in [4.78, 5) is 55.7. The predicted octanol–water partition coefficient (Wildman–Crippen LogP) is 3.73. The van der Waals surface area contributed by atoms with Gasteiger partial charge in [-0.1, -0.05) is 54.1 Å². The van der Waals surface area contributed by atoms with Crippen LogP contribution in [0.15, 0.2) is 102 Å². The van der Waals surface area contributed by atoms with Crippen molar-refractivity contribution >= 4 is 71.7 Å². The number of rotatable bonds is 7. The van der Waals surface area contributed by atoms with Gasteiger partial charge in [0.2, 0.25) is 11.0 Å². The highest BCUT2D eigenvalue weighted by atomic mass is 32.3. The number of carbonyl (C=O) groups is 4. The summed E-state index contributed by atoms with van der Waals surface area (Å²) in [5.41, 5.74) is 3.05. The van der Waals surface area contributed by atoms with Gasteiger partial charge in [-0.25, -0.2) is 21.6 Å². The van der Waals surface area contributed by atoms with Gasteiger partial charge in [0.1, 0.15) is 7.05 Å². The summed E-state index contributed by atoms with van der Waals surface area (Å²) in [5.74, 6) is -2.76. The van der Waals surface area contributed by atoms with Crippen molar-refractivity contribution in [2.24, 2.45) is 7.05 Å². The molecule has 0 atom stereocenters. The van der Waals surface area contributed by atoms with Crippen LogP contribution in [0.4, 0.5) is 9.57 Å². The van der Waals surface area contributed by atoms with E-state index in [1.54, 1.807) is 36.4 Å². The van der Waals surface area contributed by atoms with E-state index in [2.05, 4.69) is 0 Å². The Morgan fingerprint density at radius 3 is 1.80 bits per heavy atom. The average molecular weight is 722 g/mol.